The van der Waals surface area contributed by atoms with Crippen LogP contribution in [0.15, 0.2) is 109 Å². The van der Waals surface area contributed by atoms with Crippen LogP contribution in [0.25, 0.3) is 0 Å². The molecule has 1 amide bonds. The van der Waals surface area contributed by atoms with Crippen molar-refractivity contribution in [3.8, 4) is 0 Å². The van der Waals surface area contributed by atoms with Gasteiger partial charge in [0.1, 0.15) is 19.3 Å². The third-order valence-electron chi connectivity index (χ3n) is 12.3. The first-order valence-electron chi connectivity index (χ1n) is 29.2. The van der Waals surface area contributed by atoms with E-state index in [9.17, 15) is 19.0 Å². The zero-order valence-electron chi connectivity index (χ0n) is 47.5. The molecule has 10 heteroatoms. The minimum Gasteiger partial charge on any atom is -0.756 e. The number of allylic oxidation sites excluding steroid dienone is 17. The Labute approximate surface area is 449 Å². The Bertz CT molecular complexity index is 1620. The highest BCUT2D eigenvalue weighted by Gasteiger charge is 2.27. The fourth-order valence-electron chi connectivity index (χ4n) is 7.78. The Morgan fingerprint density at radius 1 is 0.507 bits per heavy atom. The summed E-state index contributed by atoms with van der Waals surface area (Å²) in [6.45, 7) is 6.55. The minimum absolute atomic E-state index is 0.0341. The lowest BCUT2D eigenvalue weighted by molar-refractivity contribution is -0.870. The van der Waals surface area contributed by atoms with E-state index >= 15 is 0 Å². The maximum Gasteiger partial charge on any atom is 0.306 e. The van der Waals surface area contributed by atoms with Gasteiger partial charge in [-0.05, 0) is 96.0 Å². The maximum atomic E-state index is 13.5. The van der Waals surface area contributed by atoms with E-state index in [1.165, 1.54) is 64.2 Å². The number of rotatable bonds is 51. The summed E-state index contributed by atoms with van der Waals surface area (Å²) in [5, 5.41) is 3.01. The molecule has 0 bridgehead atoms. The van der Waals surface area contributed by atoms with E-state index < -0.39 is 26.6 Å². The van der Waals surface area contributed by atoms with Crippen molar-refractivity contribution in [2.75, 3.05) is 40.9 Å². The van der Waals surface area contributed by atoms with Crippen LogP contribution >= 0.6 is 7.82 Å². The normalized spacial score (nSPS) is 14.6. The van der Waals surface area contributed by atoms with Crippen molar-refractivity contribution in [2.45, 2.75) is 238 Å². The molecule has 0 aromatic heterocycles. The number of hydrogen-bond acceptors (Lipinski definition) is 7. The van der Waals surface area contributed by atoms with E-state index in [0.717, 1.165) is 122 Å². The number of amides is 1. The molecule has 0 saturated heterocycles. The zero-order chi connectivity index (χ0) is 53.6. The third kappa shape index (κ3) is 53.3. The molecule has 1 N–H and O–H groups in total. The zero-order valence-corrected chi connectivity index (χ0v) is 48.4. The number of likely N-dealkylation sites (N-methyl/N-ethyl adjacent to an activating group) is 1. The lowest BCUT2D eigenvalue weighted by Crippen LogP contribution is -2.47. The van der Waals surface area contributed by atoms with Gasteiger partial charge in [0.15, 0.2) is 0 Å². The fraction of sp³-hybridized carbons (Fsp3) is 0.683. The molecule has 0 aromatic carbocycles. The molecule has 0 spiro atoms. The minimum atomic E-state index is -4.71. The average molecular weight is 1040 g/mol. The molecule has 0 aliphatic carbocycles. The van der Waals surface area contributed by atoms with Crippen LogP contribution in [0.5, 0.6) is 0 Å². The molecular formula is C63H109N2O7P. The molecule has 0 fully saturated rings. The number of unbranched alkanes of at least 4 members (excludes halogenated alkanes) is 21. The number of nitrogens with zero attached hydrogens (tertiary/aromatic N) is 1. The molecular weight excluding hydrogens is 928 g/mol. The van der Waals surface area contributed by atoms with Crippen LogP contribution in [0.4, 0.5) is 0 Å². The molecule has 9 nitrogen and oxygen atoms in total. The quantitative estimate of drug-likeness (QED) is 0.0161. The van der Waals surface area contributed by atoms with Crippen molar-refractivity contribution in [3.63, 3.8) is 0 Å². The smallest absolute Gasteiger partial charge is 0.306 e. The number of carbonyl (C=O) groups is 2. The summed E-state index contributed by atoms with van der Waals surface area (Å²) < 4.78 is 30.2. The fourth-order valence-corrected chi connectivity index (χ4v) is 8.51. The molecule has 0 aliphatic rings. The number of carbonyl (C=O) groups excluding carboxylic acids is 2. The van der Waals surface area contributed by atoms with Gasteiger partial charge >= 0.3 is 5.97 Å². The number of nitrogens with one attached hydrogen (secondary N) is 1. The van der Waals surface area contributed by atoms with Crippen LogP contribution in [0.2, 0.25) is 0 Å². The summed E-state index contributed by atoms with van der Waals surface area (Å²) in [6, 6.07) is -0.909. The molecule has 0 radical (unpaired) electrons. The molecule has 73 heavy (non-hydrogen) atoms. The van der Waals surface area contributed by atoms with Gasteiger partial charge in [0, 0.05) is 12.8 Å². The predicted molar refractivity (Wildman–Crippen MR) is 311 cm³/mol. The van der Waals surface area contributed by atoms with Crippen molar-refractivity contribution < 1.29 is 37.3 Å². The van der Waals surface area contributed by atoms with Gasteiger partial charge in [0.25, 0.3) is 7.82 Å². The third-order valence-corrected chi connectivity index (χ3v) is 13.2. The van der Waals surface area contributed by atoms with Crippen LogP contribution in [-0.2, 0) is 27.9 Å². The van der Waals surface area contributed by atoms with Crippen LogP contribution in [0.1, 0.15) is 226 Å². The molecule has 0 saturated carbocycles. The molecule has 3 atom stereocenters. The maximum absolute atomic E-state index is 13.5. The van der Waals surface area contributed by atoms with Gasteiger partial charge in [-0.1, -0.05) is 227 Å². The summed E-state index contributed by atoms with van der Waals surface area (Å²) >= 11 is 0. The van der Waals surface area contributed by atoms with Gasteiger partial charge in [-0.25, -0.2) is 0 Å². The van der Waals surface area contributed by atoms with E-state index in [2.05, 4.69) is 123 Å². The molecule has 3 unspecified atom stereocenters. The van der Waals surface area contributed by atoms with Crippen molar-refractivity contribution in [1.29, 1.82) is 0 Å². The van der Waals surface area contributed by atoms with E-state index in [1.54, 1.807) is 0 Å². The highest BCUT2D eigenvalue weighted by molar-refractivity contribution is 7.45. The van der Waals surface area contributed by atoms with Gasteiger partial charge in [-0.3, -0.25) is 14.2 Å². The highest BCUT2D eigenvalue weighted by Crippen LogP contribution is 2.38. The molecule has 0 aliphatic heterocycles. The number of phosphoric ester groups is 1. The summed E-state index contributed by atoms with van der Waals surface area (Å²) in [4.78, 5) is 39.9. The van der Waals surface area contributed by atoms with E-state index in [1.807, 2.05) is 33.3 Å². The van der Waals surface area contributed by atoms with E-state index in [-0.39, 0.29) is 24.9 Å². The summed E-state index contributed by atoms with van der Waals surface area (Å²) in [6.07, 6.45) is 70.5. The van der Waals surface area contributed by atoms with Gasteiger partial charge < -0.3 is 28.5 Å². The van der Waals surface area contributed by atoms with Gasteiger partial charge in [0.05, 0.1) is 33.8 Å². The molecule has 0 heterocycles. The summed E-state index contributed by atoms with van der Waals surface area (Å²) in [5.41, 5.74) is 0. The van der Waals surface area contributed by atoms with Crippen LogP contribution in [-0.4, -0.2) is 69.4 Å². The second-order valence-corrected chi connectivity index (χ2v) is 21.9. The Morgan fingerprint density at radius 2 is 0.945 bits per heavy atom. The van der Waals surface area contributed by atoms with Crippen molar-refractivity contribution in [2.24, 2.45) is 0 Å². The summed E-state index contributed by atoms with van der Waals surface area (Å²) in [7, 11) is 1.15. The highest BCUT2D eigenvalue weighted by atomic mass is 31.2. The monoisotopic (exact) mass is 1040 g/mol. The van der Waals surface area contributed by atoms with Crippen molar-refractivity contribution >= 4 is 19.7 Å². The lowest BCUT2D eigenvalue weighted by atomic mass is 10.1. The van der Waals surface area contributed by atoms with Crippen LogP contribution in [0.3, 0.4) is 0 Å². The van der Waals surface area contributed by atoms with Crippen LogP contribution in [0, 0.1) is 0 Å². The first-order valence-corrected chi connectivity index (χ1v) is 30.7. The van der Waals surface area contributed by atoms with Gasteiger partial charge in [-0.2, -0.15) is 0 Å². The second-order valence-electron chi connectivity index (χ2n) is 20.4. The Morgan fingerprint density at radius 3 is 1.47 bits per heavy atom. The molecule has 0 aromatic rings. The topological polar surface area (TPSA) is 114 Å². The average Bonchev–Trinajstić information content (AvgIpc) is 3.35. The number of esters is 1. The van der Waals surface area contributed by atoms with Gasteiger partial charge in [-0.15, -0.1) is 0 Å². The first kappa shape index (κ1) is 69.7. The predicted octanol–water partition coefficient (Wildman–Crippen LogP) is 17.1. The van der Waals surface area contributed by atoms with Crippen molar-refractivity contribution in [1.82, 2.24) is 5.32 Å². The molecule has 418 valence electrons. The Kier molecular flexibility index (Phi) is 49.7. The number of phosphoric acid groups is 1. The number of ether oxygens (including phenoxy) is 1. The first-order chi connectivity index (χ1) is 35.4. The molecule has 0 rings (SSSR count). The Hall–Kier alpha value is -3.33. The van der Waals surface area contributed by atoms with Crippen molar-refractivity contribution in [3.05, 3.63) is 109 Å². The van der Waals surface area contributed by atoms with E-state index in [0.29, 0.717) is 23.9 Å². The van der Waals surface area contributed by atoms with Gasteiger partial charge in [0.2, 0.25) is 5.91 Å². The largest absolute Gasteiger partial charge is 0.756 e. The Balaban J connectivity index is 5.32. The lowest BCUT2D eigenvalue weighted by Gasteiger charge is -2.30. The SMILES string of the molecule is CC/C=C\C/C=C\C/C=C\C/C=C\C/C=C\CCCCCCCC(=O)OC(/C=C\CCCCCCCCCCC)C(COP(=O)([O-])OCC[N+](C)(C)C)NC(=O)CCCCCCCCC/C=C/C=C/C=C/CC. The van der Waals surface area contributed by atoms with E-state index in [4.69, 9.17) is 13.8 Å². The standard InChI is InChI=1S/C63H109N2O7P/c1-7-10-13-16-19-22-25-27-29-30-31-32-33-34-36-38-41-44-47-50-53-56-63(67)72-61(54-51-48-45-42-39-24-21-18-15-12-9-3)60(59-71-73(68,69)70-58-57-65(4,5)6)64-62(66)55-52-49-46-43-40-37-35-28-26-23-20-17-14-11-8-2/h10-11,13-14,17,19-20,22-23,26-27,29,31-32,34,36,51,54,60-61H,7-9,12,15-16,18,21,24-25,28,30,33,35,37-50,52-53,55-59H2,1-6H3,(H-,64,66,68,69)/b13-10-,14-11+,20-17+,22-19-,26-23+,29-27-,32-31-,36-34-,54-51-. The number of hydrogen-bond donors (Lipinski definition) is 1. The van der Waals surface area contributed by atoms with Crippen LogP contribution < -0.4 is 10.2 Å². The second kappa shape index (κ2) is 52.1. The number of quaternary nitrogens is 1. The summed E-state index contributed by atoms with van der Waals surface area (Å²) in [5.74, 6) is -0.586.